The van der Waals surface area contributed by atoms with Crippen molar-refractivity contribution in [3.8, 4) is 0 Å². The van der Waals surface area contributed by atoms with Crippen LogP contribution in [0.25, 0.3) is 11.1 Å². The number of nitrogens with zero attached hydrogens (tertiary/aromatic N) is 2. The Morgan fingerprint density at radius 2 is 2.00 bits per heavy atom. The van der Waals surface area contributed by atoms with Gasteiger partial charge >= 0.3 is 0 Å². The van der Waals surface area contributed by atoms with E-state index in [-0.39, 0.29) is 5.91 Å². The van der Waals surface area contributed by atoms with E-state index < -0.39 is 0 Å². The monoisotopic (exact) mass is 363 g/mol. The fraction of sp³-hybridized carbons (Fsp3) is 0.364. The Morgan fingerprint density at radius 3 is 2.78 bits per heavy atom. The first-order valence-electron chi connectivity index (χ1n) is 9.68. The standard InChI is InChI=1S/C22H25N3O2/c1-2-16-6-5-7-18(14-16)23-21(26)15-25-12-10-17(11-13-25)22-24-19-8-3-4-9-20(19)27-22/h3-9,14,17H,2,10-13,15H2,1H3,(H,23,26). The lowest BCUT2D eigenvalue weighted by atomic mass is 9.97. The van der Waals surface area contributed by atoms with Gasteiger partial charge in [-0.25, -0.2) is 4.98 Å². The number of rotatable bonds is 5. The second-order valence-corrected chi connectivity index (χ2v) is 7.17. The SMILES string of the molecule is CCc1cccc(NC(=O)CN2CCC(c3nc4ccccc4o3)CC2)c1. The number of piperidine rings is 1. The van der Waals surface area contributed by atoms with Crippen molar-refractivity contribution in [3.63, 3.8) is 0 Å². The molecule has 0 bridgehead atoms. The van der Waals surface area contributed by atoms with Crippen LogP contribution in [0.2, 0.25) is 0 Å². The molecule has 1 saturated heterocycles. The van der Waals surface area contributed by atoms with Crippen molar-refractivity contribution in [2.24, 2.45) is 0 Å². The van der Waals surface area contributed by atoms with E-state index >= 15 is 0 Å². The molecule has 140 valence electrons. The molecule has 0 saturated carbocycles. The molecule has 1 aromatic heterocycles. The van der Waals surface area contributed by atoms with Crippen LogP contribution in [0.4, 0.5) is 5.69 Å². The van der Waals surface area contributed by atoms with Crippen LogP contribution in [0.5, 0.6) is 0 Å². The third-order valence-electron chi connectivity index (χ3n) is 5.23. The summed E-state index contributed by atoms with van der Waals surface area (Å²) in [5.74, 6) is 1.21. The quantitative estimate of drug-likeness (QED) is 0.738. The Morgan fingerprint density at radius 1 is 1.19 bits per heavy atom. The van der Waals surface area contributed by atoms with Crippen molar-refractivity contribution in [2.75, 3.05) is 25.0 Å². The topological polar surface area (TPSA) is 58.4 Å². The fourth-order valence-corrected chi connectivity index (χ4v) is 3.68. The van der Waals surface area contributed by atoms with Gasteiger partial charge in [-0.3, -0.25) is 9.69 Å². The zero-order valence-electron chi connectivity index (χ0n) is 15.6. The molecule has 0 aliphatic carbocycles. The van der Waals surface area contributed by atoms with Gasteiger partial charge in [0.2, 0.25) is 5.91 Å². The maximum atomic E-state index is 12.4. The lowest BCUT2D eigenvalue weighted by Crippen LogP contribution is -2.38. The predicted molar refractivity (Wildman–Crippen MR) is 107 cm³/mol. The summed E-state index contributed by atoms with van der Waals surface area (Å²) < 4.78 is 5.92. The van der Waals surface area contributed by atoms with Gasteiger partial charge in [0.1, 0.15) is 5.52 Å². The lowest BCUT2D eigenvalue weighted by molar-refractivity contribution is -0.117. The molecule has 1 aliphatic heterocycles. The molecule has 0 atom stereocenters. The van der Waals surface area contributed by atoms with Crippen molar-refractivity contribution in [1.82, 2.24) is 9.88 Å². The molecular weight excluding hydrogens is 338 g/mol. The molecule has 0 spiro atoms. The number of aromatic nitrogens is 1. The molecule has 5 heteroatoms. The summed E-state index contributed by atoms with van der Waals surface area (Å²) in [5, 5.41) is 3.01. The largest absolute Gasteiger partial charge is 0.440 e. The number of nitrogens with one attached hydrogen (secondary N) is 1. The van der Waals surface area contributed by atoms with Crippen molar-refractivity contribution in [2.45, 2.75) is 32.1 Å². The summed E-state index contributed by atoms with van der Waals surface area (Å²) in [6.45, 7) is 4.30. The lowest BCUT2D eigenvalue weighted by Gasteiger charge is -2.29. The first-order chi connectivity index (χ1) is 13.2. The number of benzene rings is 2. The molecule has 3 aromatic rings. The molecule has 1 amide bonds. The number of aryl methyl sites for hydroxylation is 1. The van der Waals surface area contributed by atoms with E-state index in [1.807, 2.05) is 42.5 Å². The van der Waals surface area contributed by atoms with Crippen LogP contribution in [-0.2, 0) is 11.2 Å². The summed E-state index contributed by atoms with van der Waals surface area (Å²) in [7, 11) is 0. The number of likely N-dealkylation sites (tertiary alicyclic amines) is 1. The van der Waals surface area contributed by atoms with Gasteiger partial charge in [0, 0.05) is 11.6 Å². The summed E-state index contributed by atoms with van der Waals surface area (Å²) in [4.78, 5) is 19.2. The second-order valence-electron chi connectivity index (χ2n) is 7.17. The van der Waals surface area contributed by atoms with Gasteiger partial charge in [-0.15, -0.1) is 0 Å². The molecule has 2 aromatic carbocycles. The minimum atomic E-state index is 0.0450. The van der Waals surface area contributed by atoms with Crippen LogP contribution in [0.1, 0.15) is 37.1 Å². The van der Waals surface area contributed by atoms with E-state index in [0.717, 1.165) is 55.0 Å². The van der Waals surface area contributed by atoms with Crippen LogP contribution in [0.15, 0.2) is 52.9 Å². The van der Waals surface area contributed by atoms with E-state index in [1.54, 1.807) is 0 Å². The van der Waals surface area contributed by atoms with Gasteiger partial charge in [-0.05, 0) is 62.2 Å². The predicted octanol–water partition coefficient (Wildman–Crippen LogP) is 4.21. The Balaban J connectivity index is 1.30. The zero-order chi connectivity index (χ0) is 18.6. The highest BCUT2D eigenvalue weighted by molar-refractivity contribution is 5.92. The Kier molecular flexibility index (Phi) is 5.21. The Hall–Kier alpha value is -2.66. The summed E-state index contributed by atoms with van der Waals surface area (Å²) in [6, 6.07) is 15.9. The summed E-state index contributed by atoms with van der Waals surface area (Å²) in [5.41, 5.74) is 3.87. The van der Waals surface area contributed by atoms with E-state index in [0.29, 0.717) is 12.5 Å². The highest BCUT2D eigenvalue weighted by atomic mass is 16.3. The number of para-hydroxylation sites is 2. The Bertz CT molecular complexity index is 893. The van der Waals surface area contributed by atoms with Gasteiger partial charge in [0.25, 0.3) is 0 Å². The van der Waals surface area contributed by atoms with Gasteiger partial charge in [-0.1, -0.05) is 31.2 Å². The molecule has 5 nitrogen and oxygen atoms in total. The van der Waals surface area contributed by atoms with Crippen molar-refractivity contribution < 1.29 is 9.21 Å². The van der Waals surface area contributed by atoms with E-state index in [9.17, 15) is 4.79 Å². The normalized spacial score (nSPS) is 15.9. The fourth-order valence-electron chi connectivity index (χ4n) is 3.68. The van der Waals surface area contributed by atoms with Crippen LogP contribution in [0, 0.1) is 0 Å². The Labute approximate surface area is 159 Å². The number of fused-ring (bicyclic) bond motifs is 1. The molecule has 1 aliphatic rings. The number of carbonyl (C=O) groups is 1. The first-order valence-corrected chi connectivity index (χ1v) is 9.68. The third kappa shape index (κ3) is 4.19. The van der Waals surface area contributed by atoms with E-state index in [1.165, 1.54) is 5.56 Å². The second kappa shape index (κ2) is 7.92. The number of hydrogen-bond acceptors (Lipinski definition) is 4. The molecular formula is C22H25N3O2. The minimum Gasteiger partial charge on any atom is -0.440 e. The van der Waals surface area contributed by atoms with Gasteiger partial charge < -0.3 is 9.73 Å². The van der Waals surface area contributed by atoms with Gasteiger partial charge in [0.15, 0.2) is 11.5 Å². The first kappa shape index (κ1) is 17.7. The maximum Gasteiger partial charge on any atom is 0.238 e. The number of carbonyl (C=O) groups excluding carboxylic acids is 1. The smallest absolute Gasteiger partial charge is 0.238 e. The molecule has 1 N–H and O–H groups in total. The number of hydrogen-bond donors (Lipinski definition) is 1. The summed E-state index contributed by atoms with van der Waals surface area (Å²) in [6.07, 6.45) is 2.89. The number of amides is 1. The third-order valence-corrected chi connectivity index (χ3v) is 5.23. The summed E-state index contributed by atoms with van der Waals surface area (Å²) >= 11 is 0. The van der Waals surface area contributed by atoms with E-state index in [2.05, 4.69) is 28.2 Å². The van der Waals surface area contributed by atoms with Gasteiger partial charge in [-0.2, -0.15) is 0 Å². The van der Waals surface area contributed by atoms with Crippen LogP contribution in [-0.4, -0.2) is 35.4 Å². The molecule has 0 radical (unpaired) electrons. The molecule has 2 heterocycles. The zero-order valence-corrected chi connectivity index (χ0v) is 15.6. The number of oxazole rings is 1. The average Bonchev–Trinajstić information content (AvgIpc) is 3.13. The molecule has 0 unspecified atom stereocenters. The molecule has 1 fully saturated rings. The van der Waals surface area contributed by atoms with Crippen LogP contribution >= 0.6 is 0 Å². The van der Waals surface area contributed by atoms with Crippen LogP contribution < -0.4 is 5.32 Å². The molecule has 4 rings (SSSR count). The molecule has 27 heavy (non-hydrogen) atoms. The number of anilines is 1. The average molecular weight is 363 g/mol. The maximum absolute atomic E-state index is 12.4. The highest BCUT2D eigenvalue weighted by Crippen LogP contribution is 2.29. The highest BCUT2D eigenvalue weighted by Gasteiger charge is 2.25. The van der Waals surface area contributed by atoms with Crippen molar-refractivity contribution in [1.29, 1.82) is 0 Å². The van der Waals surface area contributed by atoms with E-state index in [4.69, 9.17) is 4.42 Å². The van der Waals surface area contributed by atoms with Crippen molar-refractivity contribution in [3.05, 3.63) is 60.0 Å². The van der Waals surface area contributed by atoms with Crippen LogP contribution in [0.3, 0.4) is 0 Å². The van der Waals surface area contributed by atoms with Gasteiger partial charge in [0.05, 0.1) is 6.54 Å². The van der Waals surface area contributed by atoms with Crippen molar-refractivity contribution >= 4 is 22.7 Å². The minimum absolute atomic E-state index is 0.0450.